The molecule has 2 aromatic rings. The molecule has 4 nitrogen and oxygen atoms in total. The molecule has 0 unspecified atom stereocenters. The monoisotopic (exact) mass is 242 g/mol. The van der Waals surface area contributed by atoms with Crippen molar-refractivity contribution in [2.24, 2.45) is 0 Å². The Hall–Kier alpha value is -1.68. The Kier molecular flexibility index (Phi) is 3.11. The zero-order valence-electron chi connectivity index (χ0n) is 10.6. The number of aromatic nitrogens is 3. The van der Waals surface area contributed by atoms with Crippen molar-refractivity contribution in [3.8, 4) is 11.4 Å². The van der Waals surface area contributed by atoms with Gasteiger partial charge in [0.25, 0.3) is 0 Å². The first-order valence-electron chi connectivity index (χ1n) is 6.53. The quantitative estimate of drug-likeness (QED) is 0.849. The standard InChI is InChI=1S/C14H18N4/c1-10-9-13(12-3-2-6-16-12)18-14(17-10)11-4-7-15-8-5-11/h2-3,6,9,11,15-16H,4-5,7-8H2,1H3. The second-order valence-corrected chi connectivity index (χ2v) is 4.86. The molecule has 1 saturated heterocycles. The summed E-state index contributed by atoms with van der Waals surface area (Å²) in [4.78, 5) is 12.6. The van der Waals surface area contributed by atoms with Gasteiger partial charge in [0.2, 0.25) is 0 Å². The van der Waals surface area contributed by atoms with Gasteiger partial charge in [-0.25, -0.2) is 9.97 Å². The molecule has 1 aliphatic heterocycles. The topological polar surface area (TPSA) is 53.6 Å². The maximum atomic E-state index is 4.73. The Balaban J connectivity index is 1.95. The summed E-state index contributed by atoms with van der Waals surface area (Å²) in [5, 5.41) is 3.38. The Labute approximate surface area is 107 Å². The van der Waals surface area contributed by atoms with Gasteiger partial charge in [-0.05, 0) is 51.1 Å². The summed E-state index contributed by atoms with van der Waals surface area (Å²) in [5.41, 5.74) is 3.11. The largest absolute Gasteiger partial charge is 0.360 e. The number of nitrogens with one attached hydrogen (secondary N) is 2. The lowest BCUT2D eigenvalue weighted by Gasteiger charge is -2.21. The molecule has 0 aromatic carbocycles. The van der Waals surface area contributed by atoms with Crippen molar-refractivity contribution in [2.45, 2.75) is 25.7 Å². The lowest BCUT2D eigenvalue weighted by atomic mass is 9.97. The summed E-state index contributed by atoms with van der Waals surface area (Å²) >= 11 is 0. The van der Waals surface area contributed by atoms with Crippen LogP contribution >= 0.6 is 0 Å². The average molecular weight is 242 g/mol. The molecule has 0 bridgehead atoms. The Bertz CT molecular complexity index is 513. The van der Waals surface area contributed by atoms with Crippen molar-refractivity contribution in [3.63, 3.8) is 0 Å². The van der Waals surface area contributed by atoms with E-state index in [0.717, 1.165) is 48.8 Å². The third-order valence-electron chi connectivity index (χ3n) is 3.45. The first kappa shape index (κ1) is 11.4. The summed E-state index contributed by atoms with van der Waals surface area (Å²) < 4.78 is 0. The van der Waals surface area contributed by atoms with E-state index in [1.54, 1.807) is 0 Å². The zero-order valence-corrected chi connectivity index (χ0v) is 10.6. The highest BCUT2D eigenvalue weighted by atomic mass is 14.9. The number of nitrogens with zero attached hydrogens (tertiary/aromatic N) is 2. The number of piperidine rings is 1. The van der Waals surface area contributed by atoms with Gasteiger partial charge >= 0.3 is 0 Å². The van der Waals surface area contributed by atoms with Gasteiger partial charge in [0, 0.05) is 17.8 Å². The van der Waals surface area contributed by atoms with Crippen molar-refractivity contribution in [2.75, 3.05) is 13.1 Å². The molecule has 0 atom stereocenters. The summed E-state index contributed by atoms with van der Waals surface area (Å²) in [6, 6.07) is 6.08. The maximum Gasteiger partial charge on any atom is 0.132 e. The fraction of sp³-hybridized carbons (Fsp3) is 0.429. The first-order valence-corrected chi connectivity index (χ1v) is 6.53. The molecule has 18 heavy (non-hydrogen) atoms. The average Bonchev–Trinajstić information content (AvgIpc) is 2.93. The fourth-order valence-corrected chi connectivity index (χ4v) is 2.48. The van der Waals surface area contributed by atoms with Crippen LogP contribution in [0.25, 0.3) is 11.4 Å². The third-order valence-corrected chi connectivity index (χ3v) is 3.45. The van der Waals surface area contributed by atoms with Crippen LogP contribution in [-0.2, 0) is 0 Å². The predicted octanol–water partition coefficient (Wildman–Crippen LogP) is 2.25. The molecular weight excluding hydrogens is 224 g/mol. The summed E-state index contributed by atoms with van der Waals surface area (Å²) in [5.74, 6) is 1.50. The molecule has 1 aliphatic rings. The number of hydrogen-bond acceptors (Lipinski definition) is 3. The van der Waals surface area contributed by atoms with E-state index < -0.39 is 0 Å². The Morgan fingerprint density at radius 1 is 1.22 bits per heavy atom. The van der Waals surface area contributed by atoms with E-state index in [1.165, 1.54) is 0 Å². The zero-order chi connectivity index (χ0) is 12.4. The van der Waals surface area contributed by atoms with Crippen LogP contribution < -0.4 is 5.32 Å². The molecule has 94 valence electrons. The maximum absolute atomic E-state index is 4.73. The highest BCUT2D eigenvalue weighted by Crippen LogP contribution is 2.24. The van der Waals surface area contributed by atoms with E-state index >= 15 is 0 Å². The van der Waals surface area contributed by atoms with E-state index in [0.29, 0.717) is 5.92 Å². The molecule has 4 heteroatoms. The van der Waals surface area contributed by atoms with Crippen LogP contribution in [0.15, 0.2) is 24.4 Å². The van der Waals surface area contributed by atoms with Gasteiger partial charge < -0.3 is 10.3 Å². The molecule has 0 aliphatic carbocycles. The number of aryl methyl sites for hydroxylation is 1. The van der Waals surface area contributed by atoms with Gasteiger partial charge in [0.1, 0.15) is 5.82 Å². The minimum absolute atomic E-state index is 0.500. The van der Waals surface area contributed by atoms with Gasteiger partial charge in [-0.2, -0.15) is 0 Å². The summed E-state index contributed by atoms with van der Waals surface area (Å²) in [7, 11) is 0. The highest BCUT2D eigenvalue weighted by molar-refractivity contribution is 5.54. The van der Waals surface area contributed by atoms with Gasteiger partial charge in [0.05, 0.1) is 11.4 Å². The van der Waals surface area contributed by atoms with Crippen LogP contribution in [0.3, 0.4) is 0 Å². The molecule has 3 rings (SSSR count). The summed E-state index contributed by atoms with van der Waals surface area (Å²) in [6.07, 6.45) is 4.19. The number of hydrogen-bond donors (Lipinski definition) is 2. The normalized spacial score (nSPS) is 16.9. The van der Waals surface area contributed by atoms with Crippen molar-refractivity contribution in [1.29, 1.82) is 0 Å². The second kappa shape index (κ2) is 4.90. The van der Waals surface area contributed by atoms with Crippen molar-refractivity contribution < 1.29 is 0 Å². The third kappa shape index (κ3) is 2.29. The summed E-state index contributed by atoms with van der Waals surface area (Å²) in [6.45, 7) is 4.18. The molecule has 0 saturated carbocycles. The van der Waals surface area contributed by atoms with Gasteiger partial charge in [-0.15, -0.1) is 0 Å². The minimum atomic E-state index is 0.500. The SMILES string of the molecule is Cc1cc(-c2ccc[nH]2)nc(C2CCNCC2)n1. The van der Waals surface area contributed by atoms with Crippen LogP contribution in [-0.4, -0.2) is 28.0 Å². The molecule has 0 spiro atoms. The Morgan fingerprint density at radius 3 is 2.78 bits per heavy atom. The Morgan fingerprint density at radius 2 is 2.06 bits per heavy atom. The fourth-order valence-electron chi connectivity index (χ4n) is 2.48. The molecule has 3 heterocycles. The molecule has 0 radical (unpaired) electrons. The van der Waals surface area contributed by atoms with E-state index in [9.17, 15) is 0 Å². The van der Waals surface area contributed by atoms with Gasteiger partial charge in [0.15, 0.2) is 0 Å². The van der Waals surface area contributed by atoms with Crippen molar-refractivity contribution in [3.05, 3.63) is 35.9 Å². The van der Waals surface area contributed by atoms with E-state index in [1.807, 2.05) is 31.3 Å². The first-order chi connectivity index (χ1) is 8.83. The number of aromatic amines is 1. The van der Waals surface area contributed by atoms with Crippen LogP contribution in [0.2, 0.25) is 0 Å². The molecular formula is C14H18N4. The van der Waals surface area contributed by atoms with E-state index in [2.05, 4.69) is 15.3 Å². The highest BCUT2D eigenvalue weighted by Gasteiger charge is 2.19. The smallest absolute Gasteiger partial charge is 0.132 e. The van der Waals surface area contributed by atoms with Crippen molar-refractivity contribution >= 4 is 0 Å². The molecule has 2 N–H and O–H groups in total. The van der Waals surface area contributed by atoms with Crippen LogP contribution in [0.1, 0.15) is 30.3 Å². The molecule has 2 aromatic heterocycles. The lowest BCUT2D eigenvalue weighted by molar-refractivity contribution is 0.444. The number of rotatable bonds is 2. The molecule has 0 amide bonds. The van der Waals surface area contributed by atoms with E-state index in [4.69, 9.17) is 4.98 Å². The number of H-pyrrole nitrogens is 1. The second-order valence-electron chi connectivity index (χ2n) is 4.86. The van der Waals surface area contributed by atoms with Crippen molar-refractivity contribution in [1.82, 2.24) is 20.3 Å². The lowest BCUT2D eigenvalue weighted by Crippen LogP contribution is -2.27. The molecule has 1 fully saturated rings. The minimum Gasteiger partial charge on any atom is -0.360 e. The van der Waals surface area contributed by atoms with Crippen LogP contribution in [0.5, 0.6) is 0 Å². The van der Waals surface area contributed by atoms with Crippen LogP contribution in [0.4, 0.5) is 0 Å². The van der Waals surface area contributed by atoms with Gasteiger partial charge in [-0.3, -0.25) is 0 Å². The van der Waals surface area contributed by atoms with Crippen LogP contribution in [0, 0.1) is 6.92 Å². The predicted molar refractivity (Wildman–Crippen MR) is 71.4 cm³/mol. The van der Waals surface area contributed by atoms with E-state index in [-0.39, 0.29) is 0 Å². The van der Waals surface area contributed by atoms with Gasteiger partial charge in [-0.1, -0.05) is 0 Å².